The highest BCUT2D eigenvalue weighted by Crippen LogP contribution is 2.37. The van der Waals surface area contributed by atoms with E-state index in [1.54, 1.807) is 12.1 Å². The zero-order valence-electron chi connectivity index (χ0n) is 22.2. The van der Waals surface area contributed by atoms with Gasteiger partial charge in [0.15, 0.2) is 52.2 Å². The lowest BCUT2D eigenvalue weighted by Crippen LogP contribution is -2.20. The van der Waals surface area contributed by atoms with Crippen LogP contribution in [0.4, 0.5) is 43.9 Å². The largest absolute Gasteiger partial charge is 0.361 e. The van der Waals surface area contributed by atoms with Crippen LogP contribution in [0.1, 0.15) is 48.7 Å². The van der Waals surface area contributed by atoms with Crippen LogP contribution in [0.25, 0.3) is 22.5 Å². The molecule has 4 rings (SSSR count). The molecule has 15 heteroatoms. The molecule has 0 unspecified atom stereocenters. The normalized spacial score (nSPS) is 11.7. The highest BCUT2D eigenvalue weighted by Gasteiger charge is 2.39. The summed E-state index contributed by atoms with van der Waals surface area (Å²) in [6.45, 7) is 8.49. The minimum Gasteiger partial charge on any atom is -0.361 e. The van der Waals surface area contributed by atoms with Crippen LogP contribution >= 0.6 is 0 Å². The zero-order chi connectivity index (χ0) is 31.6. The van der Waals surface area contributed by atoms with E-state index in [4.69, 9.17) is 0 Å². The lowest BCUT2D eigenvalue weighted by molar-refractivity contribution is -0.00335. The first-order valence-electron chi connectivity index (χ1n) is 11.8. The van der Waals surface area contributed by atoms with Gasteiger partial charge in [0, 0.05) is 0 Å². The van der Waals surface area contributed by atoms with Gasteiger partial charge in [0.05, 0.1) is 11.1 Å². The van der Waals surface area contributed by atoms with Crippen LogP contribution in [-0.2, 0) is 5.41 Å². The van der Waals surface area contributed by atoms with E-state index in [2.05, 4.69) is 15.1 Å². The Labute approximate surface area is 230 Å². The maximum atomic E-state index is 14.9. The molecular formula is C27H17F10N5. The maximum absolute atomic E-state index is 14.9. The molecule has 0 spiro atoms. The molecule has 4 aromatic rings. The summed E-state index contributed by atoms with van der Waals surface area (Å²) in [6, 6.07) is 3.16. The van der Waals surface area contributed by atoms with Crippen molar-refractivity contribution in [3.8, 4) is 16.9 Å². The van der Waals surface area contributed by atoms with Gasteiger partial charge in [-0.1, -0.05) is 38.1 Å². The van der Waals surface area contributed by atoms with E-state index in [0.29, 0.717) is 0 Å². The van der Waals surface area contributed by atoms with Crippen LogP contribution in [0.15, 0.2) is 12.1 Å². The van der Waals surface area contributed by atoms with Gasteiger partial charge >= 0.3 is 5.71 Å². The minimum atomic E-state index is -2.56. The molecule has 0 bridgehead atoms. The van der Waals surface area contributed by atoms with E-state index in [-0.39, 0.29) is 21.4 Å². The van der Waals surface area contributed by atoms with Crippen molar-refractivity contribution < 1.29 is 48.7 Å². The SMILES string of the molecule is Cc1cc(C(C)(C)C)cc(C)c1C(=[N+]=[N-])c1c(-c2c(F)c(F)c(F)c(F)c2F)nnn1-c1c(F)c(F)c(F)c(F)c1F. The Morgan fingerprint density at radius 2 is 1.10 bits per heavy atom. The molecule has 0 radical (unpaired) electrons. The fourth-order valence-electron chi connectivity index (χ4n) is 4.40. The Bertz CT molecular complexity index is 1680. The number of aryl methyl sites for hydroxylation is 2. The first-order valence-corrected chi connectivity index (χ1v) is 11.8. The number of hydrogen-bond acceptors (Lipinski definition) is 2. The Hall–Kier alpha value is -4.52. The van der Waals surface area contributed by atoms with Crippen molar-refractivity contribution in [1.29, 1.82) is 0 Å². The van der Waals surface area contributed by atoms with Gasteiger partial charge in [-0.15, -0.1) is 5.10 Å². The van der Waals surface area contributed by atoms with Crippen molar-refractivity contribution in [2.75, 3.05) is 0 Å². The van der Waals surface area contributed by atoms with Crippen molar-refractivity contribution in [2.45, 2.75) is 40.0 Å². The highest BCUT2D eigenvalue weighted by molar-refractivity contribution is 6.13. The molecule has 0 atom stereocenters. The summed E-state index contributed by atoms with van der Waals surface area (Å²) in [5.41, 5.74) is 3.81. The summed E-state index contributed by atoms with van der Waals surface area (Å²) in [5, 5.41) is 6.52. The van der Waals surface area contributed by atoms with E-state index in [0.717, 1.165) is 5.56 Å². The first-order chi connectivity index (χ1) is 19.4. The van der Waals surface area contributed by atoms with Crippen molar-refractivity contribution in [3.63, 3.8) is 0 Å². The van der Waals surface area contributed by atoms with Gasteiger partial charge in [-0.05, 0) is 36.0 Å². The lowest BCUT2D eigenvalue weighted by atomic mass is 9.82. The van der Waals surface area contributed by atoms with Crippen LogP contribution in [0.3, 0.4) is 0 Å². The molecule has 0 saturated carbocycles. The van der Waals surface area contributed by atoms with Crippen LogP contribution in [-0.4, -0.2) is 25.5 Å². The summed E-state index contributed by atoms with van der Waals surface area (Å²) in [7, 11) is 0. The van der Waals surface area contributed by atoms with Gasteiger partial charge in [-0.3, -0.25) is 0 Å². The number of aromatic nitrogens is 3. The monoisotopic (exact) mass is 601 g/mol. The second-order valence-corrected chi connectivity index (χ2v) is 10.2. The molecule has 42 heavy (non-hydrogen) atoms. The smallest absolute Gasteiger partial charge is 0.350 e. The Morgan fingerprint density at radius 1 is 0.690 bits per heavy atom. The highest BCUT2D eigenvalue weighted by atomic mass is 19.2. The van der Waals surface area contributed by atoms with Gasteiger partial charge in [0.25, 0.3) is 0 Å². The molecule has 1 heterocycles. The minimum absolute atomic E-state index is 0.108. The van der Waals surface area contributed by atoms with E-state index in [1.807, 2.05) is 20.8 Å². The number of benzene rings is 3. The van der Waals surface area contributed by atoms with E-state index in [1.165, 1.54) is 13.8 Å². The van der Waals surface area contributed by atoms with Crippen LogP contribution in [0, 0.1) is 72.0 Å². The first kappa shape index (κ1) is 30.4. The Kier molecular flexibility index (Phi) is 7.53. The molecule has 220 valence electrons. The van der Waals surface area contributed by atoms with Crippen molar-refractivity contribution in [2.24, 2.45) is 0 Å². The maximum Gasteiger partial charge on any atom is 0.350 e. The van der Waals surface area contributed by atoms with E-state index in [9.17, 15) is 49.4 Å². The summed E-state index contributed by atoms with van der Waals surface area (Å²) in [5.74, 6) is -24.8. The summed E-state index contributed by atoms with van der Waals surface area (Å²) in [4.78, 5) is 3.03. The molecule has 0 N–H and O–H groups in total. The Balaban J connectivity index is 2.22. The zero-order valence-corrected chi connectivity index (χ0v) is 22.2. The summed E-state index contributed by atoms with van der Waals surface area (Å²) < 4.78 is 144. The molecule has 0 aliphatic carbocycles. The molecule has 0 fully saturated rings. The molecule has 0 saturated heterocycles. The fourth-order valence-corrected chi connectivity index (χ4v) is 4.40. The van der Waals surface area contributed by atoms with Gasteiger partial charge < -0.3 is 5.53 Å². The average molecular weight is 601 g/mol. The standard InChI is InChI=1S/C27H17F10N5/c1-8-6-10(27(3,4)5)7-9(2)11(8)23(39-38)26-24(12-13(28)15(30)17(32)16(31)14(12)29)40-41-42(26)25-21(36)19(34)18(33)20(35)22(25)37/h6-7H,1-5H3. The Morgan fingerprint density at radius 3 is 1.50 bits per heavy atom. The summed E-state index contributed by atoms with van der Waals surface area (Å²) in [6.07, 6.45) is 0. The number of hydrogen-bond donors (Lipinski definition) is 0. The molecular weight excluding hydrogens is 584 g/mol. The van der Waals surface area contributed by atoms with Gasteiger partial charge in [0.2, 0.25) is 11.6 Å². The third kappa shape index (κ3) is 4.53. The third-order valence-corrected chi connectivity index (χ3v) is 6.48. The van der Waals surface area contributed by atoms with Gasteiger partial charge in [-0.25, -0.2) is 43.9 Å². The molecule has 0 aliphatic heterocycles. The second-order valence-electron chi connectivity index (χ2n) is 10.2. The van der Waals surface area contributed by atoms with Crippen molar-refractivity contribution in [3.05, 3.63) is 104 Å². The van der Waals surface area contributed by atoms with E-state index >= 15 is 0 Å². The van der Waals surface area contributed by atoms with E-state index < -0.39 is 91.9 Å². The predicted octanol–water partition coefficient (Wildman–Crippen LogP) is 7.31. The second kappa shape index (κ2) is 10.4. The third-order valence-electron chi connectivity index (χ3n) is 6.48. The van der Waals surface area contributed by atoms with Gasteiger partial charge in [-0.2, -0.15) is 9.47 Å². The summed E-state index contributed by atoms with van der Waals surface area (Å²) >= 11 is 0. The average Bonchev–Trinajstić information content (AvgIpc) is 3.33. The van der Waals surface area contributed by atoms with Crippen LogP contribution < -0.4 is 0 Å². The molecule has 1 aromatic heterocycles. The van der Waals surface area contributed by atoms with Crippen LogP contribution in [0.5, 0.6) is 0 Å². The fraction of sp³-hybridized carbons (Fsp3) is 0.222. The molecule has 3 aromatic carbocycles. The predicted molar refractivity (Wildman–Crippen MR) is 128 cm³/mol. The topological polar surface area (TPSA) is 67.1 Å². The molecule has 5 nitrogen and oxygen atoms in total. The van der Waals surface area contributed by atoms with Gasteiger partial charge in [0.1, 0.15) is 11.4 Å². The number of nitrogens with zero attached hydrogens (tertiary/aromatic N) is 5. The number of rotatable bonds is 4. The van der Waals surface area contributed by atoms with Crippen LogP contribution in [0.2, 0.25) is 0 Å². The number of halogens is 10. The quantitative estimate of drug-likeness (QED) is 0.0615. The molecule has 0 amide bonds. The van der Waals surface area contributed by atoms with Crippen molar-refractivity contribution in [1.82, 2.24) is 15.0 Å². The molecule has 0 aliphatic rings. The van der Waals surface area contributed by atoms with Crippen molar-refractivity contribution >= 4 is 5.71 Å². The lowest BCUT2D eigenvalue weighted by Gasteiger charge is -2.21.